The zero-order valence-corrected chi connectivity index (χ0v) is 12.7. The lowest BCUT2D eigenvalue weighted by atomic mass is 9.75. The van der Waals surface area contributed by atoms with Crippen molar-refractivity contribution >= 4 is 11.9 Å². The number of fused-ring (bicyclic) bond motifs is 2. The third kappa shape index (κ3) is 2.72. The first-order valence-electron chi connectivity index (χ1n) is 8.19. The molecular weight excluding hydrogens is 266 g/mol. The van der Waals surface area contributed by atoms with Crippen LogP contribution < -0.4 is 5.32 Å². The first-order chi connectivity index (χ1) is 10.0. The van der Waals surface area contributed by atoms with Crippen LogP contribution in [0.25, 0.3) is 0 Å². The highest BCUT2D eigenvalue weighted by molar-refractivity contribution is 5.86. The van der Waals surface area contributed by atoms with Gasteiger partial charge in [0, 0.05) is 6.54 Å². The van der Waals surface area contributed by atoms with E-state index in [1.54, 1.807) is 0 Å². The molecule has 4 atom stereocenters. The van der Waals surface area contributed by atoms with Gasteiger partial charge in [-0.15, -0.1) is 0 Å². The molecular formula is C17H25NO3. The zero-order valence-electron chi connectivity index (χ0n) is 12.7. The molecule has 0 aliphatic heterocycles. The molecule has 0 aromatic carbocycles. The molecule has 4 unspecified atom stereocenters. The fourth-order valence-electron chi connectivity index (χ4n) is 4.52. The van der Waals surface area contributed by atoms with Gasteiger partial charge in [0.1, 0.15) is 0 Å². The topological polar surface area (TPSA) is 66.4 Å². The molecule has 0 aromatic heterocycles. The molecule has 116 valence electrons. The molecule has 2 saturated carbocycles. The van der Waals surface area contributed by atoms with E-state index in [1.165, 1.54) is 19.3 Å². The Hall–Kier alpha value is -1.32. The highest BCUT2D eigenvalue weighted by atomic mass is 16.4. The van der Waals surface area contributed by atoms with Crippen LogP contribution in [0.2, 0.25) is 0 Å². The van der Waals surface area contributed by atoms with E-state index < -0.39 is 11.9 Å². The van der Waals surface area contributed by atoms with Gasteiger partial charge in [-0.05, 0) is 36.5 Å². The number of carboxylic acids is 1. The van der Waals surface area contributed by atoms with E-state index >= 15 is 0 Å². The molecule has 0 aromatic rings. The Balaban J connectivity index is 1.62. The Kier molecular flexibility index (Phi) is 3.80. The van der Waals surface area contributed by atoms with Crippen LogP contribution in [0.15, 0.2) is 12.2 Å². The van der Waals surface area contributed by atoms with Crippen molar-refractivity contribution in [1.29, 1.82) is 0 Å². The molecule has 0 radical (unpaired) electrons. The summed E-state index contributed by atoms with van der Waals surface area (Å²) in [5.74, 6) is -1.60. The van der Waals surface area contributed by atoms with E-state index in [4.69, 9.17) is 0 Å². The second kappa shape index (κ2) is 5.47. The largest absolute Gasteiger partial charge is 0.481 e. The Morgan fingerprint density at radius 2 is 1.76 bits per heavy atom. The maximum atomic E-state index is 12.5. The van der Waals surface area contributed by atoms with Gasteiger partial charge in [-0.1, -0.05) is 38.3 Å². The third-order valence-corrected chi connectivity index (χ3v) is 5.80. The van der Waals surface area contributed by atoms with Crippen molar-refractivity contribution < 1.29 is 14.7 Å². The standard InChI is InChI=1S/C17H25NO3/c1-17(7-3-2-4-8-17)10-18-15(19)13-11-5-6-12(9-11)14(13)16(20)21/h5-6,11-14H,2-4,7-10H2,1H3,(H,18,19)(H,20,21). The fourth-order valence-corrected chi connectivity index (χ4v) is 4.52. The monoisotopic (exact) mass is 291 g/mol. The van der Waals surface area contributed by atoms with Crippen molar-refractivity contribution in [2.24, 2.45) is 29.1 Å². The highest BCUT2D eigenvalue weighted by Gasteiger charge is 2.51. The van der Waals surface area contributed by atoms with Gasteiger partial charge in [0.05, 0.1) is 11.8 Å². The van der Waals surface area contributed by atoms with Crippen LogP contribution in [0.5, 0.6) is 0 Å². The first kappa shape index (κ1) is 14.6. The Morgan fingerprint density at radius 3 is 2.38 bits per heavy atom. The molecule has 1 amide bonds. The molecule has 3 aliphatic rings. The van der Waals surface area contributed by atoms with Crippen molar-refractivity contribution in [3.8, 4) is 0 Å². The number of hydrogen-bond donors (Lipinski definition) is 2. The number of amides is 1. The summed E-state index contributed by atoms with van der Waals surface area (Å²) < 4.78 is 0. The average Bonchev–Trinajstić information content (AvgIpc) is 3.06. The summed E-state index contributed by atoms with van der Waals surface area (Å²) >= 11 is 0. The maximum Gasteiger partial charge on any atom is 0.307 e. The van der Waals surface area contributed by atoms with Gasteiger partial charge >= 0.3 is 5.97 Å². The van der Waals surface area contributed by atoms with E-state index in [-0.39, 0.29) is 29.1 Å². The van der Waals surface area contributed by atoms with Crippen LogP contribution in [-0.4, -0.2) is 23.5 Å². The van der Waals surface area contributed by atoms with Crippen LogP contribution in [0.3, 0.4) is 0 Å². The van der Waals surface area contributed by atoms with E-state index in [1.807, 2.05) is 12.2 Å². The fraction of sp³-hybridized carbons (Fsp3) is 0.765. The van der Waals surface area contributed by atoms with Gasteiger partial charge in [0.25, 0.3) is 0 Å². The lowest BCUT2D eigenvalue weighted by molar-refractivity contribution is -0.147. The third-order valence-electron chi connectivity index (χ3n) is 5.80. The van der Waals surface area contributed by atoms with Crippen LogP contribution in [0.4, 0.5) is 0 Å². The number of rotatable bonds is 4. The van der Waals surface area contributed by atoms with Gasteiger partial charge in [-0.2, -0.15) is 0 Å². The number of aliphatic carboxylic acids is 1. The molecule has 2 N–H and O–H groups in total. The average molecular weight is 291 g/mol. The zero-order chi connectivity index (χ0) is 15.0. The van der Waals surface area contributed by atoms with Crippen molar-refractivity contribution in [1.82, 2.24) is 5.32 Å². The number of carbonyl (C=O) groups is 2. The normalized spacial score (nSPS) is 36.6. The van der Waals surface area contributed by atoms with E-state index in [2.05, 4.69) is 12.2 Å². The second-order valence-corrected chi connectivity index (χ2v) is 7.43. The molecule has 2 fully saturated rings. The Labute approximate surface area is 126 Å². The molecule has 21 heavy (non-hydrogen) atoms. The Bertz CT molecular complexity index is 465. The van der Waals surface area contributed by atoms with Gasteiger partial charge in [0.15, 0.2) is 0 Å². The SMILES string of the molecule is CC1(CNC(=O)C2C3C=CC(C3)C2C(=O)O)CCCCC1. The molecule has 0 heterocycles. The van der Waals surface area contributed by atoms with Crippen LogP contribution in [0.1, 0.15) is 45.4 Å². The van der Waals surface area contributed by atoms with E-state index in [0.717, 1.165) is 19.3 Å². The minimum absolute atomic E-state index is 0.0496. The molecule has 0 saturated heterocycles. The van der Waals surface area contributed by atoms with Crippen molar-refractivity contribution in [3.63, 3.8) is 0 Å². The minimum Gasteiger partial charge on any atom is -0.481 e. The maximum absolute atomic E-state index is 12.5. The molecule has 3 aliphatic carbocycles. The minimum atomic E-state index is -0.823. The summed E-state index contributed by atoms with van der Waals surface area (Å²) in [6.45, 7) is 2.93. The van der Waals surface area contributed by atoms with Gasteiger partial charge in [-0.3, -0.25) is 9.59 Å². The lowest BCUT2D eigenvalue weighted by Crippen LogP contribution is -2.44. The number of carbonyl (C=O) groups excluding carboxylic acids is 1. The number of nitrogens with one attached hydrogen (secondary N) is 1. The molecule has 4 nitrogen and oxygen atoms in total. The van der Waals surface area contributed by atoms with Crippen molar-refractivity contribution in [2.45, 2.75) is 45.4 Å². The smallest absolute Gasteiger partial charge is 0.307 e. The summed E-state index contributed by atoms with van der Waals surface area (Å²) in [5.41, 5.74) is 0.195. The van der Waals surface area contributed by atoms with E-state index in [9.17, 15) is 14.7 Å². The summed E-state index contributed by atoms with van der Waals surface area (Å²) in [6.07, 6.45) is 10.9. The molecule has 2 bridgehead atoms. The van der Waals surface area contributed by atoms with Crippen LogP contribution in [0, 0.1) is 29.1 Å². The van der Waals surface area contributed by atoms with Crippen LogP contribution in [-0.2, 0) is 9.59 Å². The second-order valence-electron chi connectivity index (χ2n) is 7.43. The van der Waals surface area contributed by atoms with Gasteiger partial charge in [-0.25, -0.2) is 0 Å². The van der Waals surface area contributed by atoms with Crippen molar-refractivity contribution in [3.05, 3.63) is 12.2 Å². The first-order valence-corrected chi connectivity index (χ1v) is 8.19. The van der Waals surface area contributed by atoms with Crippen LogP contribution >= 0.6 is 0 Å². The van der Waals surface area contributed by atoms with Crippen molar-refractivity contribution in [2.75, 3.05) is 6.54 Å². The number of allylic oxidation sites excluding steroid dienone is 2. The van der Waals surface area contributed by atoms with Gasteiger partial charge in [0.2, 0.25) is 5.91 Å². The summed E-state index contributed by atoms with van der Waals surface area (Å²) in [5, 5.41) is 12.5. The summed E-state index contributed by atoms with van der Waals surface area (Å²) in [7, 11) is 0. The molecule has 4 heteroatoms. The molecule has 0 spiro atoms. The predicted molar refractivity (Wildman–Crippen MR) is 79.6 cm³/mol. The van der Waals surface area contributed by atoms with E-state index in [0.29, 0.717) is 6.54 Å². The Morgan fingerprint density at radius 1 is 1.14 bits per heavy atom. The predicted octanol–water partition coefficient (Wildman–Crippen LogP) is 2.60. The number of carboxylic acid groups (broad SMARTS) is 1. The molecule has 3 rings (SSSR count). The number of hydrogen-bond acceptors (Lipinski definition) is 2. The quantitative estimate of drug-likeness (QED) is 0.782. The van der Waals surface area contributed by atoms with Gasteiger partial charge < -0.3 is 10.4 Å². The highest BCUT2D eigenvalue weighted by Crippen LogP contribution is 2.48. The summed E-state index contributed by atoms with van der Waals surface area (Å²) in [6, 6.07) is 0. The summed E-state index contributed by atoms with van der Waals surface area (Å²) in [4.78, 5) is 24.0. The lowest BCUT2D eigenvalue weighted by Gasteiger charge is -2.34.